The standard InChI is InChI=1S/C16H29N3O2/c1-4-8-17-16-15(7-5-9-18-16)14-19(11-13-21-3)10-6-12-20-2/h5,7,9H,4,6,8,10-14H2,1-3H3,(H,17,18). The van der Waals surface area contributed by atoms with Crippen LogP contribution in [0.5, 0.6) is 0 Å². The fourth-order valence-electron chi connectivity index (χ4n) is 2.13. The molecule has 5 heteroatoms. The molecular formula is C16H29N3O2. The van der Waals surface area contributed by atoms with Gasteiger partial charge < -0.3 is 14.8 Å². The molecule has 1 aromatic rings. The first-order valence-electron chi connectivity index (χ1n) is 7.69. The summed E-state index contributed by atoms with van der Waals surface area (Å²) in [5, 5.41) is 3.40. The zero-order chi connectivity index (χ0) is 15.3. The summed E-state index contributed by atoms with van der Waals surface area (Å²) in [5.74, 6) is 0.994. The monoisotopic (exact) mass is 295 g/mol. The molecule has 5 nitrogen and oxygen atoms in total. The third-order valence-corrected chi connectivity index (χ3v) is 3.26. The highest BCUT2D eigenvalue weighted by atomic mass is 16.5. The minimum atomic E-state index is 0.741. The fourth-order valence-corrected chi connectivity index (χ4v) is 2.13. The maximum Gasteiger partial charge on any atom is 0.130 e. The van der Waals surface area contributed by atoms with Crippen molar-refractivity contribution in [1.29, 1.82) is 0 Å². The van der Waals surface area contributed by atoms with Crippen molar-refractivity contribution in [3.8, 4) is 0 Å². The van der Waals surface area contributed by atoms with Crippen molar-refractivity contribution < 1.29 is 9.47 Å². The molecule has 120 valence electrons. The predicted molar refractivity (Wildman–Crippen MR) is 86.7 cm³/mol. The molecule has 0 aromatic carbocycles. The minimum absolute atomic E-state index is 0.741. The van der Waals surface area contributed by atoms with E-state index in [4.69, 9.17) is 9.47 Å². The van der Waals surface area contributed by atoms with Gasteiger partial charge in [0.2, 0.25) is 0 Å². The Labute approximate surface area is 128 Å². The molecule has 0 saturated carbocycles. The van der Waals surface area contributed by atoms with E-state index < -0.39 is 0 Å². The van der Waals surface area contributed by atoms with E-state index in [-0.39, 0.29) is 0 Å². The summed E-state index contributed by atoms with van der Waals surface area (Å²) in [5.41, 5.74) is 1.24. The van der Waals surface area contributed by atoms with Crippen molar-refractivity contribution in [1.82, 2.24) is 9.88 Å². The lowest BCUT2D eigenvalue weighted by molar-refractivity contribution is 0.129. The highest BCUT2D eigenvalue weighted by Gasteiger charge is 2.09. The number of rotatable bonds is 12. The van der Waals surface area contributed by atoms with Crippen LogP contribution in [0.15, 0.2) is 18.3 Å². The van der Waals surface area contributed by atoms with Crippen LogP contribution in [0.1, 0.15) is 25.3 Å². The van der Waals surface area contributed by atoms with Crippen LogP contribution in [-0.2, 0) is 16.0 Å². The molecule has 1 aromatic heterocycles. The molecule has 21 heavy (non-hydrogen) atoms. The fraction of sp³-hybridized carbons (Fsp3) is 0.688. The quantitative estimate of drug-likeness (QED) is 0.600. The van der Waals surface area contributed by atoms with Crippen LogP contribution in [-0.4, -0.2) is 57.0 Å². The van der Waals surface area contributed by atoms with E-state index in [9.17, 15) is 0 Å². The number of hydrogen-bond donors (Lipinski definition) is 1. The number of aromatic nitrogens is 1. The first kappa shape index (κ1) is 17.9. The number of pyridine rings is 1. The molecule has 1 rings (SSSR count). The molecule has 0 atom stereocenters. The van der Waals surface area contributed by atoms with Crippen molar-refractivity contribution >= 4 is 5.82 Å². The first-order chi connectivity index (χ1) is 10.3. The van der Waals surface area contributed by atoms with Gasteiger partial charge in [0.1, 0.15) is 5.82 Å². The maximum atomic E-state index is 5.21. The van der Waals surface area contributed by atoms with Gasteiger partial charge in [-0.05, 0) is 18.9 Å². The van der Waals surface area contributed by atoms with Crippen molar-refractivity contribution in [2.45, 2.75) is 26.3 Å². The summed E-state index contributed by atoms with van der Waals surface area (Å²) >= 11 is 0. The first-order valence-corrected chi connectivity index (χ1v) is 7.69. The Morgan fingerprint density at radius 3 is 2.71 bits per heavy atom. The number of nitrogens with zero attached hydrogens (tertiary/aromatic N) is 2. The van der Waals surface area contributed by atoms with Gasteiger partial charge >= 0.3 is 0 Å². The van der Waals surface area contributed by atoms with E-state index in [0.717, 1.165) is 58.1 Å². The average Bonchev–Trinajstić information content (AvgIpc) is 2.51. The Bertz CT molecular complexity index is 374. The summed E-state index contributed by atoms with van der Waals surface area (Å²) in [7, 11) is 3.49. The zero-order valence-electron chi connectivity index (χ0n) is 13.6. The Morgan fingerprint density at radius 2 is 2.00 bits per heavy atom. The second kappa shape index (κ2) is 11.5. The minimum Gasteiger partial charge on any atom is -0.385 e. The predicted octanol–water partition coefficient (Wildman–Crippen LogP) is 2.39. The van der Waals surface area contributed by atoms with Gasteiger partial charge in [-0.15, -0.1) is 0 Å². The van der Waals surface area contributed by atoms with E-state index >= 15 is 0 Å². The van der Waals surface area contributed by atoms with Crippen molar-refractivity contribution in [3.05, 3.63) is 23.9 Å². The van der Waals surface area contributed by atoms with Crippen LogP contribution in [0, 0.1) is 0 Å². The Morgan fingerprint density at radius 1 is 1.19 bits per heavy atom. The largest absolute Gasteiger partial charge is 0.385 e. The van der Waals surface area contributed by atoms with Crippen LogP contribution in [0.4, 0.5) is 5.82 Å². The van der Waals surface area contributed by atoms with Crippen LogP contribution in [0.25, 0.3) is 0 Å². The van der Waals surface area contributed by atoms with Gasteiger partial charge in [0.05, 0.1) is 6.61 Å². The number of nitrogens with one attached hydrogen (secondary N) is 1. The molecule has 0 aliphatic heterocycles. The molecule has 1 N–H and O–H groups in total. The molecule has 1 heterocycles. The van der Waals surface area contributed by atoms with E-state index in [1.54, 1.807) is 14.2 Å². The van der Waals surface area contributed by atoms with Gasteiger partial charge in [0, 0.05) is 58.8 Å². The Hall–Kier alpha value is -1.17. The highest BCUT2D eigenvalue weighted by Crippen LogP contribution is 2.14. The summed E-state index contributed by atoms with van der Waals surface area (Å²) in [6.45, 7) is 7.44. The molecular weight excluding hydrogens is 266 g/mol. The Kier molecular flexibility index (Phi) is 9.78. The smallest absolute Gasteiger partial charge is 0.130 e. The van der Waals surface area contributed by atoms with Gasteiger partial charge in [-0.25, -0.2) is 4.98 Å². The van der Waals surface area contributed by atoms with Gasteiger partial charge in [0.25, 0.3) is 0 Å². The molecule has 0 aliphatic rings. The number of methoxy groups -OCH3 is 2. The third kappa shape index (κ3) is 7.41. The highest BCUT2D eigenvalue weighted by molar-refractivity contribution is 5.43. The van der Waals surface area contributed by atoms with E-state index in [0.29, 0.717) is 0 Å². The maximum absolute atomic E-state index is 5.21. The number of anilines is 1. The third-order valence-electron chi connectivity index (χ3n) is 3.26. The molecule has 0 fully saturated rings. The summed E-state index contributed by atoms with van der Waals surface area (Å²) in [6, 6.07) is 4.14. The van der Waals surface area contributed by atoms with Gasteiger partial charge in [0.15, 0.2) is 0 Å². The SMILES string of the molecule is CCCNc1ncccc1CN(CCCOC)CCOC. The van der Waals surface area contributed by atoms with Crippen molar-refractivity contribution in [2.24, 2.45) is 0 Å². The second-order valence-corrected chi connectivity index (χ2v) is 5.05. The lowest BCUT2D eigenvalue weighted by Gasteiger charge is -2.23. The Balaban J connectivity index is 2.62. The average molecular weight is 295 g/mol. The van der Waals surface area contributed by atoms with Crippen LogP contribution in [0.3, 0.4) is 0 Å². The topological polar surface area (TPSA) is 46.6 Å². The normalized spacial score (nSPS) is 11.0. The second-order valence-electron chi connectivity index (χ2n) is 5.05. The lowest BCUT2D eigenvalue weighted by atomic mass is 10.2. The molecule has 0 bridgehead atoms. The lowest BCUT2D eigenvalue weighted by Crippen LogP contribution is -2.29. The zero-order valence-corrected chi connectivity index (χ0v) is 13.6. The summed E-state index contributed by atoms with van der Waals surface area (Å²) in [4.78, 5) is 6.84. The summed E-state index contributed by atoms with van der Waals surface area (Å²) in [6.07, 6.45) is 3.96. The number of ether oxygens (including phenoxy) is 2. The van der Waals surface area contributed by atoms with E-state index in [2.05, 4.69) is 28.2 Å². The van der Waals surface area contributed by atoms with Gasteiger partial charge in [-0.2, -0.15) is 0 Å². The van der Waals surface area contributed by atoms with Gasteiger partial charge in [-0.1, -0.05) is 13.0 Å². The van der Waals surface area contributed by atoms with Crippen LogP contribution < -0.4 is 5.32 Å². The van der Waals surface area contributed by atoms with Crippen LogP contribution in [0.2, 0.25) is 0 Å². The summed E-state index contributed by atoms with van der Waals surface area (Å²) < 4.78 is 10.3. The van der Waals surface area contributed by atoms with Crippen LogP contribution >= 0.6 is 0 Å². The van der Waals surface area contributed by atoms with Crippen molar-refractivity contribution in [2.75, 3.05) is 52.4 Å². The van der Waals surface area contributed by atoms with Crippen molar-refractivity contribution in [3.63, 3.8) is 0 Å². The molecule has 0 aliphatic carbocycles. The number of hydrogen-bond acceptors (Lipinski definition) is 5. The molecule has 0 amide bonds. The molecule has 0 radical (unpaired) electrons. The van der Waals surface area contributed by atoms with E-state index in [1.807, 2.05) is 12.3 Å². The molecule has 0 unspecified atom stereocenters. The molecule has 0 saturated heterocycles. The van der Waals surface area contributed by atoms with E-state index in [1.165, 1.54) is 5.56 Å². The molecule has 0 spiro atoms. The van der Waals surface area contributed by atoms with Gasteiger partial charge in [-0.3, -0.25) is 4.90 Å².